The standard InChI is InChI=1S/C31H32N2O7S/c1-38-23-6-4-3-5-22(23)32-27(34)17-33-28(35)26(41-30(33)37)13-18-7-8-24(25(12-18)39-2)40-29(36)31-14-19-9-20(15-31)11-21(10-19)16-31/h3-8,12-13,19-21H,9-11,14-17H2,1-2H3,(H,32,34)/b26-13-. The van der Waals surface area contributed by atoms with Crippen LogP contribution in [0.2, 0.25) is 0 Å². The maximum atomic E-state index is 13.4. The van der Waals surface area contributed by atoms with E-state index in [2.05, 4.69) is 5.32 Å². The second-order valence-corrected chi connectivity index (χ2v) is 12.5. The molecule has 41 heavy (non-hydrogen) atoms. The number of imide groups is 1. The molecule has 4 bridgehead atoms. The number of hydrogen-bond acceptors (Lipinski definition) is 8. The van der Waals surface area contributed by atoms with Crippen LogP contribution in [0.25, 0.3) is 6.08 Å². The lowest BCUT2D eigenvalue weighted by Crippen LogP contribution is -2.51. The van der Waals surface area contributed by atoms with Crippen LogP contribution in [-0.4, -0.2) is 48.7 Å². The Bertz CT molecular complexity index is 1420. The lowest BCUT2D eigenvalue weighted by molar-refractivity contribution is -0.161. The molecule has 4 aliphatic carbocycles. The van der Waals surface area contributed by atoms with Gasteiger partial charge in [0.15, 0.2) is 11.5 Å². The average molecular weight is 577 g/mol. The number of thioether (sulfide) groups is 1. The first-order valence-corrected chi connectivity index (χ1v) is 14.7. The quantitative estimate of drug-likeness (QED) is 0.249. The Morgan fingerprint density at radius 1 is 0.951 bits per heavy atom. The zero-order valence-corrected chi connectivity index (χ0v) is 23.8. The van der Waals surface area contributed by atoms with Crippen molar-refractivity contribution >= 4 is 46.5 Å². The predicted molar refractivity (Wildman–Crippen MR) is 154 cm³/mol. The van der Waals surface area contributed by atoms with Crippen LogP contribution in [0, 0.1) is 23.2 Å². The number of methoxy groups -OCH3 is 2. The van der Waals surface area contributed by atoms with Crippen LogP contribution in [0.15, 0.2) is 47.4 Å². The molecule has 10 heteroatoms. The van der Waals surface area contributed by atoms with E-state index in [0.717, 1.165) is 35.9 Å². The monoisotopic (exact) mass is 576 g/mol. The van der Waals surface area contributed by atoms with Crippen molar-refractivity contribution in [1.82, 2.24) is 4.90 Å². The molecule has 1 N–H and O–H groups in total. The zero-order valence-electron chi connectivity index (χ0n) is 23.0. The van der Waals surface area contributed by atoms with Gasteiger partial charge in [0.2, 0.25) is 5.91 Å². The van der Waals surface area contributed by atoms with Gasteiger partial charge in [-0.15, -0.1) is 0 Å². The Hall–Kier alpha value is -3.79. The van der Waals surface area contributed by atoms with Crippen LogP contribution in [-0.2, 0) is 14.4 Å². The number of anilines is 1. The highest BCUT2D eigenvalue weighted by atomic mass is 32.2. The van der Waals surface area contributed by atoms with Gasteiger partial charge in [-0.05, 0) is 104 Å². The fourth-order valence-electron chi connectivity index (χ4n) is 7.30. The summed E-state index contributed by atoms with van der Waals surface area (Å²) in [6, 6.07) is 11.9. The molecule has 0 aromatic heterocycles. The minimum Gasteiger partial charge on any atom is -0.495 e. The number of esters is 1. The largest absolute Gasteiger partial charge is 0.495 e. The highest BCUT2D eigenvalue weighted by molar-refractivity contribution is 8.18. The number of carbonyl (C=O) groups excluding carboxylic acids is 4. The van der Waals surface area contributed by atoms with Crippen molar-refractivity contribution in [2.45, 2.75) is 38.5 Å². The van der Waals surface area contributed by atoms with E-state index in [0.29, 0.717) is 46.3 Å². The summed E-state index contributed by atoms with van der Waals surface area (Å²) in [6.07, 6.45) is 8.00. The Kier molecular flexibility index (Phi) is 7.27. The van der Waals surface area contributed by atoms with Crippen molar-refractivity contribution in [2.75, 3.05) is 26.1 Å². The van der Waals surface area contributed by atoms with Crippen molar-refractivity contribution in [3.05, 3.63) is 52.9 Å². The lowest BCUT2D eigenvalue weighted by Gasteiger charge is -2.55. The second kappa shape index (κ2) is 10.9. The molecule has 0 spiro atoms. The van der Waals surface area contributed by atoms with Gasteiger partial charge in [-0.2, -0.15) is 0 Å². The summed E-state index contributed by atoms with van der Waals surface area (Å²) in [5.74, 6) is 1.79. The van der Waals surface area contributed by atoms with Gasteiger partial charge < -0.3 is 19.5 Å². The molecule has 2 aromatic rings. The minimum absolute atomic E-state index is 0.171. The molecule has 1 saturated heterocycles. The number of nitrogens with zero attached hydrogens (tertiary/aromatic N) is 1. The SMILES string of the molecule is COc1ccccc1NC(=O)CN1C(=O)S/C(=C\c2ccc(OC(=O)C34CC5CC(CC(C5)C3)C4)c(OC)c2)C1=O. The number of para-hydroxylation sites is 2. The number of amides is 3. The Morgan fingerprint density at radius 3 is 2.27 bits per heavy atom. The van der Waals surface area contributed by atoms with Gasteiger partial charge in [-0.25, -0.2) is 0 Å². The Balaban J connectivity index is 1.13. The lowest BCUT2D eigenvalue weighted by atomic mass is 9.49. The molecule has 7 rings (SSSR count). The van der Waals surface area contributed by atoms with Crippen molar-refractivity contribution in [2.24, 2.45) is 23.2 Å². The summed E-state index contributed by atoms with van der Waals surface area (Å²) in [4.78, 5) is 52.7. The van der Waals surface area contributed by atoms with E-state index in [4.69, 9.17) is 14.2 Å². The molecule has 0 atom stereocenters. The fourth-order valence-corrected chi connectivity index (χ4v) is 8.13. The second-order valence-electron chi connectivity index (χ2n) is 11.5. The summed E-state index contributed by atoms with van der Waals surface area (Å²) in [6.45, 7) is -0.428. The molecule has 3 amide bonds. The number of nitrogens with one attached hydrogen (secondary N) is 1. The summed E-state index contributed by atoms with van der Waals surface area (Å²) in [7, 11) is 2.98. The fraction of sp³-hybridized carbons (Fsp3) is 0.419. The smallest absolute Gasteiger partial charge is 0.317 e. The van der Waals surface area contributed by atoms with E-state index in [1.54, 1.807) is 48.5 Å². The number of ether oxygens (including phenoxy) is 3. The topological polar surface area (TPSA) is 111 Å². The van der Waals surface area contributed by atoms with Gasteiger partial charge in [-0.3, -0.25) is 24.1 Å². The molecular weight excluding hydrogens is 544 g/mol. The van der Waals surface area contributed by atoms with Gasteiger partial charge in [-0.1, -0.05) is 18.2 Å². The number of hydrogen-bond donors (Lipinski definition) is 1. The van der Waals surface area contributed by atoms with Crippen molar-refractivity contribution in [3.63, 3.8) is 0 Å². The van der Waals surface area contributed by atoms with Crippen molar-refractivity contribution < 1.29 is 33.4 Å². The van der Waals surface area contributed by atoms with E-state index in [1.165, 1.54) is 33.5 Å². The minimum atomic E-state index is -0.563. The normalized spacial score (nSPS) is 27.3. The third kappa shape index (κ3) is 5.32. The van der Waals surface area contributed by atoms with E-state index in [-0.39, 0.29) is 10.9 Å². The third-order valence-electron chi connectivity index (χ3n) is 8.72. The third-order valence-corrected chi connectivity index (χ3v) is 9.62. The molecule has 0 unspecified atom stereocenters. The van der Waals surface area contributed by atoms with Crippen molar-refractivity contribution in [3.8, 4) is 17.2 Å². The van der Waals surface area contributed by atoms with Crippen LogP contribution in [0.3, 0.4) is 0 Å². The van der Waals surface area contributed by atoms with Gasteiger partial charge in [0.25, 0.3) is 11.1 Å². The van der Waals surface area contributed by atoms with E-state index in [9.17, 15) is 19.2 Å². The summed E-state index contributed by atoms with van der Waals surface area (Å²) in [5.41, 5.74) is 0.647. The highest BCUT2D eigenvalue weighted by Crippen LogP contribution is 2.60. The average Bonchev–Trinajstić information content (AvgIpc) is 3.20. The van der Waals surface area contributed by atoms with Crippen LogP contribution in [0.1, 0.15) is 44.1 Å². The number of benzene rings is 2. The number of rotatable bonds is 8. The molecule has 214 valence electrons. The number of carbonyl (C=O) groups is 4. The molecule has 2 aromatic carbocycles. The van der Waals surface area contributed by atoms with Gasteiger partial charge in [0.1, 0.15) is 12.3 Å². The van der Waals surface area contributed by atoms with Crippen LogP contribution < -0.4 is 19.5 Å². The first-order valence-electron chi connectivity index (χ1n) is 13.9. The summed E-state index contributed by atoms with van der Waals surface area (Å²) >= 11 is 0.761. The molecule has 0 radical (unpaired) electrons. The molecule has 5 aliphatic rings. The van der Waals surface area contributed by atoms with Gasteiger partial charge >= 0.3 is 5.97 Å². The molecule has 5 fully saturated rings. The first kappa shape index (κ1) is 27.4. The predicted octanol–water partition coefficient (Wildman–Crippen LogP) is 5.50. The Labute approximate surface area is 242 Å². The Morgan fingerprint density at radius 2 is 1.61 bits per heavy atom. The van der Waals surface area contributed by atoms with Crippen LogP contribution >= 0.6 is 11.8 Å². The van der Waals surface area contributed by atoms with Gasteiger partial charge in [0.05, 0.1) is 30.2 Å². The molecule has 1 aliphatic heterocycles. The van der Waals surface area contributed by atoms with Crippen LogP contribution in [0.4, 0.5) is 10.5 Å². The zero-order chi connectivity index (χ0) is 28.7. The maximum absolute atomic E-state index is 13.4. The van der Waals surface area contributed by atoms with E-state index in [1.807, 2.05) is 0 Å². The maximum Gasteiger partial charge on any atom is 0.317 e. The van der Waals surface area contributed by atoms with Crippen molar-refractivity contribution in [1.29, 1.82) is 0 Å². The summed E-state index contributed by atoms with van der Waals surface area (Å²) < 4.78 is 16.7. The summed E-state index contributed by atoms with van der Waals surface area (Å²) in [5, 5.41) is 2.14. The van der Waals surface area contributed by atoms with E-state index < -0.39 is 29.0 Å². The van der Waals surface area contributed by atoms with Crippen LogP contribution in [0.5, 0.6) is 17.2 Å². The van der Waals surface area contributed by atoms with E-state index >= 15 is 0 Å². The molecule has 9 nitrogen and oxygen atoms in total. The highest BCUT2D eigenvalue weighted by Gasteiger charge is 2.55. The van der Waals surface area contributed by atoms with Gasteiger partial charge in [0, 0.05) is 0 Å². The molecule has 4 saturated carbocycles. The molecular formula is C31H32N2O7S. The molecule has 1 heterocycles. The first-order chi connectivity index (χ1) is 19.8.